The van der Waals surface area contributed by atoms with Gasteiger partial charge in [0.15, 0.2) is 0 Å². The van der Waals surface area contributed by atoms with Crippen LogP contribution >= 0.6 is 11.6 Å². The van der Waals surface area contributed by atoms with E-state index in [0.717, 1.165) is 18.7 Å². The summed E-state index contributed by atoms with van der Waals surface area (Å²) in [5.74, 6) is 0.132. The van der Waals surface area contributed by atoms with Gasteiger partial charge in [0.25, 0.3) is 0 Å². The molecule has 0 saturated heterocycles. The Morgan fingerprint density at radius 1 is 1.50 bits per heavy atom. The Bertz CT molecular complexity index is 344. The monoisotopic (exact) mass is 244 g/mol. The number of anilines is 1. The van der Waals surface area contributed by atoms with Crippen LogP contribution in [0.2, 0.25) is 5.02 Å². The highest BCUT2D eigenvalue weighted by Gasteiger charge is 2.08. The Morgan fingerprint density at radius 3 is 2.75 bits per heavy atom. The number of benzene rings is 1. The van der Waals surface area contributed by atoms with Gasteiger partial charge in [-0.3, -0.25) is 0 Å². The molecule has 16 heavy (non-hydrogen) atoms. The fourth-order valence-corrected chi connectivity index (χ4v) is 1.85. The molecule has 90 valence electrons. The van der Waals surface area contributed by atoms with Crippen molar-refractivity contribution >= 4 is 17.3 Å². The standard InChI is InChI=1S/C12H18ClFN2/c1-9(5-6-15)8-16(2)10-3-4-12(14)11(13)7-10/h3-4,7,9H,5-6,8,15H2,1-2H3. The van der Waals surface area contributed by atoms with Crippen LogP contribution in [0.25, 0.3) is 0 Å². The van der Waals surface area contributed by atoms with E-state index in [1.165, 1.54) is 6.07 Å². The lowest BCUT2D eigenvalue weighted by Crippen LogP contribution is -2.25. The lowest BCUT2D eigenvalue weighted by Gasteiger charge is -2.23. The third-order valence-corrected chi connectivity index (χ3v) is 2.88. The van der Waals surface area contributed by atoms with Crippen molar-refractivity contribution in [3.8, 4) is 0 Å². The molecular weight excluding hydrogens is 227 g/mol. The normalized spacial score (nSPS) is 12.6. The van der Waals surface area contributed by atoms with Crippen molar-refractivity contribution < 1.29 is 4.39 Å². The molecule has 0 aromatic heterocycles. The van der Waals surface area contributed by atoms with E-state index >= 15 is 0 Å². The van der Waals surface area contributed by atoms with Gasteiger partial charge in [0.05, 0.1) is 5.02 Å². The van der Waals surface area contributed by atoms with Gasteiger partial charge in [0, 0.05) is 19.3 Å². The fourth-order valence-electron chi connectivity index (χ4n) is 1.67. The highest BCUT2D eigenvalue weighted by atomic mass is 35.5. The first-order chi connectivity index (χ1) is 7.54. The van der Waals surface area contributed by atoms with E-state index < -0.39 is 0 Å². The van der Waals surface area contributed by atoms with Crippen molar-refractivity contribution in [1.82, 2.24) is 0 Å². The number of nitrogens with zero attached hydrogens (tertiary/aromatic N) is 1. The summed E-state index contributed by atoms with van der Waals surface area (Å²) in [4.78, 5) is 2.06. The first-order valence-electron chi connectivity index (χ1n) is 5.41. The zero-order valence-corrected chi connectivity index (χ0v) is 10.5. The topological polar surface area (TPSA) is 29.3 Å². The summed E-state index contributed by atoms with van der Waals surface area (Å²) in [6.07, 6.45) is 0.985. The lowest BCUT2D eigenvalue weighted by molar-refractivity contribution is 0.539. The van der Waals surface area contributed by atoms with Gasteiger partial charge < -0.3 is 10.6 Å². The van der Waals surface area contributed by atoms with E-state index in [1.54, 1.807) is 12.1 Å². The summed E-state index contributed by atoms with van der Waals surface area (Å²) in [5.41, 5.74) is 6.42. The van der Waals surface area contributed by atoms with Gasteiger partial charge >= 0.3 is 0 Å². The molecule has 0 aliphatic heterocycles. The molecule has 1 aromatic carbocycles. The third-order valence-electron chi connectivity index (χ3n) is 2.59. The Labute approximate surface area is 101 Å². The minimum Gasteiger partial charge on any atom is -0.374 e. The molecular formula is C12H18ClFN2. The zero-order valence-electron chi connectivity index (χ0n) is 9.71. The quantitative estimate of drug-likeness (QED) is 0.863. The predicted octanol–water partition coefficient (Wildman–Crippen LogP) is 2.90. The van der Waals surface area contributed by atoms with E-state index in [4.69, 9.17) is 17.3 Å². The van der Waals surface area contributed by atoms with Crippen molar-refractivity contribution in [3.63, 3.8) is 0 Å². The minimum absolute atomic E-state index is 0.163. The summed E-state index contributed by atoms with van der Waals surface area (Å²) in [7, 11) is 1.97. The van der Waals surface area contributed by atoms with Crippen LogP contribution in [0.15, 0.2) is 18.2 Å². The Hall–Kier alpha value is -0.800. The van der Waals surface area contributed by atoms with Gasteiger partial charge in [-0.05, 0) is 37.1 Å². The maximum atomic E-state index is 13.0. The highest BCUT2D eigenvalue weighted by molar-refractivity contribution is 6.31. The van der Waals surface area contributed by atoms with Crippen LogP contribution in [0.5, 0.6) is 0 Å². The van der Waals surface area contributed by atoms with Crippen LogP contribution in [0, 0.1) is 11.7 Å². The van der Waals surface area contributed by atoms with Gasteiger partial charge in [0.2, 0.25) is 0 Å². The second kappa shape index (κ2) is 6.06. The van der Waals surface area contributed by atoms with Crippen LogP contribution in [-0.4, -0.2) is 20.1 Å². The first-order valence-corrected chi connectivity index (χ1v) is 5.78. The van der Waals surface area contributed by atoms with Gasteiger partial charge in [0.1, 0.15) is 5.82 Å². The van der Waals surface area contributed by atoms with Crippen molar-refractivity contribution in [1.29, 1.82) is 0 Å². The van der Waals surface area contributed by atoms with E-state index in [0.29, 0.717) is 12.5 Å². The van der Waals surface area contributed by atoms with Crippen molar-refractivity contribution in [2.45, 2.75) is 13.3 Å². The molecule has 0 fully saturated rings. The molecule has 0 amide bonds. The SMILES string of the molecule is CC(CCN)CN(C)c1ccc(F)c(Cl)c1. The summed E-state index contributed by atoms with van der Waals surface area (Å²) in [6, 6.07) is 4.77. The number of hydrogen-bond acceptors (Lipinski definition) is 2. The van der Waals surface area contributed by atoms with E-state index in [2.05, 4.69) is 11.8 Å². The molecule has 4 heteroatoms. The predicted molar refractivity (Wildman–Crippen MR) is 67.5 cm³/mol. The van der Waals surface area contributed by atoms with Crippen LogP contribution < -0.4 is 10.6 Å². The van der Waals surface area contributed by atoms with Gasteiger partial charge in [-0.15, -0.1) is 0 Å². The molecule has 1 aromatic rings. The van der Waals surface area contributed by atoms with Crippen LogP contribution in [0.1, 0.15) is 13.3 Å². The molecule has 1 unspecified atom stereocenters. The second-order valence-corrected chi connectivity index (χ2v) is 4.57. The Morgan fingerprint density at radius 2 is 2.19 bits per heavy atom. The van der Waals surface area contributed by atoms with Crippen molar-refractivity contribution in [3.05, 3.63) is 29.0 Å². The average Bonchev–Trinajstić information content (AvgIpc) is 2.22. The molecule has 0 heterocycles. The lowest BCUT2D eigenvalue weighted by atomic mass is 10.1. The molecule has 2 N–H and O–H groups in total. The highest BCUT2D eigenvalue weighted by Crippen LogP contribution is 2.22. The molecule has 1 rings (SSSR count). The molecule has 0 radical (unpaired) electrons. The second-order valence-electron chi connectivity index (χ2n) is 4.16. The maximum absolute atomic E-state index is 13.0. The summed E-state index contributed by atoms with van der Waals surface area (Å²) in [5, 5.41) is 0.163. The molecule has 0 aliphatic carbocycles. The minimum atomic E-state index is -0.381. The van der Waals surface area contributed by atoms with Gasteiger partial charge in [-0.1, -0.05) is 18.5 Å². The van der Waals surface area contributed by atoms with Gasteiger partial charge in [-0.25, -0.2) is 4.39 Å². The summed E-state index contributed by atoms with van der Waals surface area (Å²) < 4.78 is 13.0. The number of rotatable bonds is 5. The third kappa shape index (κ3) is 3.65. The molecule has 1 atom stereocenters. The van der Waals surface area contributed by atoms with Crippen molar-refractivity contribution in [2.75, 3.05) is 25.0 Å². The number of halogens is 2. The molecule has 0 spiro atoms. The van der Waals surface area contributed by atoms with Crippen LogP contribution in [0.3, 0.4) is 0 Å². The zero-order chi connectivity index (χ0) is 12.1. The van der Waals surface area contributed by atoms with E-state index in [1.807, 2.05) is 7.05 Å². The number of nitrogens with two attached hydrogens (primary N) is 1. The smallest absolute Gasteiger partial charge is 0.141 e. The number of hydrogen-bond donors (Lipinski definition) is 1. The maximum Gasteiger partial charge on any atom is 0.141 e. The average molecular weight is 245 g/mol. The molecule has 0 saturated carbocycles. The van der Waals surface area contributed by atoms with Crippen LogP contribution in [0.4, 0.5) is 10.1 Å². The van der Waals surface area contributed by atoms with Crippen LogP contribution in [-0.2, 0) is 0 Å². The van der Waals surface area contributed by atoms with Gasteiger partial charge in [-0.2, -0.15) is 0 Å². The molecule has 0 aliphatic rings. The Balaban J connectivity index is 2.65. The Kier molecular flexibility index (Phi) is 5.03. The first kappa shape index (κ1) is 13.3. The fraction of sp³-hybridized carbons (Fsp3) is 0.500. The molecule has 0 bridgehead atoms. The largest absolute Gasteiger partial charge is 0.374 e. The summed E-state index contributed by atoms with van der Waals surface area (Å²) >= 11 is 5.73. The van der Waals surface area contributed by atoms with E-state index in [9.17, 15) is 4.39 Å². The van der Waals surface area contributed by atoms with E-state index in [-0.39, 0.29) is 10.8 Å². The molecule has 2 nitrogen and oxygen atoms in total. The van der Waals surface area contributed by atoms with Crippen molar-refractivity contribution in [2.24, 2.45) is 11.7 Å². The summed E-state index contributed by atoms with van der Waals surface area (Å²) in [6.45, 7) is 3.73.